The van der Waals surface area contributed by atoms with Gasteiger partial charge >= 0.3 is 0 Å². The number of morpholine rings is 1. The highest BCUT2D eigenvalue weighted by Gasteiger charge is 2.23. The molecule has 3 heterocycles. The van der Waals surface area contributed by atoms with Crippen molar-refractivity contribution in [3.05, 3.63) is 10.8 Å². The monoisotopic (exact) mass is 270 g/mol. The van der Waals surface area contributed by atoms with Crippen molar-refractivity contribution in [1.82, 2.24) is 15.0 Å². The van der Waals surface area contributed by atoms with Crippen LogP contribution in [0, 0.1) is 0 Å². The molecule has 2 aromatic heterocycles. The van der Waals surface area contributed by atoms with Gasteiger partial charge in [0.15, 0.2) is 10.6 Å². The summed E-state index contributed by atoms with van der Waals surface area (Å²) in [5, 5.41) is 0.274. The van der Waals surface area contributed by atoms with Gasteiger partial charge in [-0.3, -0.25) is 0 Å². The molecule has 1 fully saturated rings. The lowest BCUT2D eigenvalue weighted by Gasteiger charge is -2.34. The Labute approximate surface area is 107 Å². The first-order valence-corrected chi connectivity index (χ1v) is 6.62. The number of halogens is 1. The van der Waals surface area contributed by atoms with E-state index in [2.05, 4.69) is 26.8 Å². The van der Waals surface area contributed by atoms with Gasteiger partial charge in [-0.15, -0.1) is 11.3 Å². The molecular formula is C10H11ClN4OS. The highest BCUT2D eigenvalue weighted by Crippen LogP contribution is 2.28. The Morgan fingerprint density at radius 2 is 2.41 bits per heavy atom. The van der Waals surface area contributed by atoms with Crippen LogP contribution < -0.4 is 4.90 Å². The average molecular weight is 271 g/mol. The lowest BCUT2D eigenvalue weighted by Crippen LogP contribution is -2.44. The van der Waals surface area contributed by atoms with Crippen molar-refractivity contribution in [2.75, 3.05) is 24.7 Å². The third kappa shape index (κ3) is 1.96. The lowest BCUT2D eigenvalue weighted by atomic mass is 10.2. The molecule has 0 amide bonds. The van der Waals surface area contributed by atoms with Crippen molar-refractivity contribution in [3.63, 3.8) is 0 Å². The SMILES string of the molecule is C[C@@H]1COCCN1c1nc(Cl)nc2scnc12. The van der Waals surface area contributed by atoms with Gasteiger partial charge in [0.2, 0.25) is 5.28 Å². The maximum atomic E-state index is 5.95. The number of hydrogen-bond acceptors (Lipinski definition) is 6. The second-order valence-electron chi connectivity index (χ2n) is 3.94. The van der Waals surface area contributed by atoms with Gasteiger partial charge in [-0.05, 0) is 18.5 Å². The normalized spacial score (nSPS) is 21.1. The summed E-state index contributed by atoms with van der Waals surface area (Å²) in [5.74, 6) is 0.817. The smallest absolute Gasteiger partial charge is 0.225 e. The van der Waals surface area contributed by atoms with Crippen LogP contribution in [-0.2, 0) is 4.74 Å². The molecule has 0 radical (unpaired) electrons. The van der Waals surface area contributed by atoms with E-state index in [1.165, 1.54) is 11.3 Å². The van der Waals surface area contributed by atoms with E-state index in [0.29, 0.717) is 13.2 Å². The Morgan fingerprint density at radius 1 is 1.53 bits per heavy atom. The Hall–Kier alpha value is -0.980. The first-order valence-electron chi connectivity index (χ1n) is 5.37. The number of hydrogen-bond donors (Lipinski definition) is 0. The minimum Gasteiger partial charge on any atom is -0.377 e. The summed E-state index contributed by atoms with van der Waals surface area (Å²) in [7, 11) is 0. The van der Waals surface area contributed by atoms with Gasteiger partial charge in [0, 0.05) is 6.54 Å². The van der Waals surface area contributed by atoms with Crippen LogP contribution in [0.2, 0.25) is 5.28 Å². The molecule has 7 heteroatoms. The standard InChI is InChI=1S/C10H11ClN4OS/c1-6-4-16-3-2-15(6)8-7-9(17-5-12-7)14-10(11)13-8/h5-6H,2-4H2,1H3/t6-/m1/s1. The molecule has 17 heavy (non-hydrogen) atoms. The molecule has 0 N–H and O–H groups in total. The summed E-state index contributed by atoms with van der Waals surface area (Å²) >= 11 is 7.42. The molecule has 1 aliphatic rings. The van der Waals surface area contributed by atoms with Gasteiger partial charge in [0.05, 0.1) is 24.8 Å². The fourth-order valence-electron chi connectivity index (χ4n) is 1.96. The number of fused-ring (bicyclic) bond motifs is 1. The fourth-order valence-corrected chi connectivity index (χ4v) is 2.83. The molecule has 0 aromatic carbocycles. The zero-order valence-corrected chi connectivity index (χ0v) is 10.8. The van der Waals surface area contributed by atoms with Gasteiger partial charge in [-0.1, -0.05) is 0 Å². The number of anilines is 1. The third-order valence-corrected chi connectivity index (χ3v) is 3.68. The lowest BCUT2D eigenvalue weighted by molar-refractivity contribution is 0.0986. The van der Waals surface area contributed by atoms with Crippen molar-refractivity contribution < 1.29 is 4.74 Å². The van der Waals surface area contributed by atoms with E-state index in [1.54, 1.807) is 5.51 Å². The zero-order chi connectivity index (χ0) is 11.8. The van der Waals surface area contributed by atoms with Crippen LogP contribution in [0.3, 0.4) is 0 Å². The van der Waals surface area contributed by atoms with Crippen LogP contribution in [0.1, 0.15) is 6.92 Å². The van der Waals surface area contributed by atoms with E-state index in [0.717, 1.165) is 22.7 Å². The molecule has 2 aromatic rings. The molecule has 1 aliphatic heterocycles. The second kappa shape index (κ2) is 4.36. The average Bonchev–Trinajstić information content (AvgIpc) is 2.76. The maximum absolute atomic E-state index is 5.95. The number of ether oxygens (including phenoxy) is 1. The van der Waals surface area contributed by atoms with E-state index in [1.807, 2.05) is 0 Å². The Morgan fingerprint density at radius 3 is 3.24 bits per heavy atom. The summed E-state index contributed by atoms with van der Waals surface area (Å²) in [6.07, 6.45) is 0. The van der Waals surface area contributed by atoms with Crippen LogP contribution in [-0.4, -0.2) is 40.8 Å². The fraction of sp³-hybridized carbons (Fsp3) is 0.500. The minimum atomic E-state index is 0.274. The minimum absolute atomic E-state index is 0.274. The van der Waals surface area contributed by atoms with E-state index < -0.39 is 0 Å². The molecule has 0 unspecified atom stereocenters. The molecular weight excluding hydrogens is 260 g/mol. The summed E-state index contributed by atoms with van der Waals surface area (Å²) < 4.78 is 5.42. The summed E-state index contributed by atoms with van der Waals surface area (Å²) in [5.41, 5.74) is 2.60. The first-order chi connectivity index (χ1) is 8.25. The topological polar surface area (TPSA) is 51.1 Å². The molecule has 0 aliphatic carbocycles. The zero-order valence-electron chi connectivity index (χ0n) is 9.26. The Balaban J connectivity index is 2.11. The summed E-state index contributed by atoms with van der Waals surface area (Å²) in [4.78, 5) is 15.8. The molecule has 1 atom stereocenters. The predicted octanol–water partition coefficient (Wildman–Crippen LogP) is 1.96. The van der Waals surface area contributed by atoms with Crippen LogP contribution in [0.4, 0.5) is 5.82 Å². The molecule has 0 saturated carbocycles. The summed E-state index contributed by atoms with van der Waals surface area (Å²) in [6.45, 7) is 4.32. The summed E-state index contributed by atoms with van der Waals surface area (Å²) in [6, 6.07) is 0.277. The number of nitrogens with zero attached hydrogens (tertiary/aromatic N) is 4. The first kappa shape index (κ1) is 11.1. The van der Waals surface area contributed by atoms with Crippen molar-refractivity contribution >= 4 is 39.1 Å². The predicted molar refractivity (Wildman–Crippen MR) is 67.8 cm³/mol. The molecule has 90 valence electrons. The Kier molecular flexibility index (Phi) is 2.85. The van der Waals surface area contributed by atoms with Crippen molar-refractivity contribution in [2.24, 2.45) is 0 Å². The molecule has 0 spiro atoms. The number of rotatable bonds is 1. The maximum Gasteiger partial charge on any atom is 0.225 e. The van der Waals surface area contributed by atoms with E-state index in [9.17, 15) is 0 Å². The van der Waals surface area contributed by atoms with Crippen LogP contribution >= 0.6 is 22.9 Å². The largest absolute Gasteiger partial charge is 0.377 e. The van der Waals surface area contributed by atoms with E-state index >= 15 is 0 Å². The third-order valence-electron chi connectivity index (χ3n) is 2.79. The highest BCUT2D eigenvalue weighted by atomic mass is 35.5. The molecule has 0 bridgehead atoms. The Bertz CT molecular complexity index is 546. The van der Waals surface area contributed by atoms with Crippen molar-refractivity contribution in [2.45, 2.75) is 13.0 Å². The quantitative estimate of drug-likeness (QED) is 0.742. The van der Waals surface area contributed by atoms with E-state index in [4.69, 9.17) is 16.3 Å². The van der Waals surface area contributed by atoms with Crippen LogP contribution in [0.15, 0.2) is 5.51 Å². The second-order valence-corrected chi connectivity index (χ2v) is 5.11. The van der Waals surface area contributed by atoms with Crippen molar-refractivity contribution in [3.8, 4) is 0 Å². The number of aromatic nitrogens is 3. The van der Waals surface area contributed by atoms with Gasteiger partial charge < -0.3 is 9.64 Å². The van der Waals surface area contributed by atoms with Gasteiger partial charge in [-0.2, -0.15) is 4.98 Å². The van der Waals surface area contributed by atoms with Gasteiger partial charge in [0.1, 0.15) is 5.52 Å². The van der Waals surface area contributed by atoms with E-state index in [-0.39, 0.29) is 11.3 Å². The van der Waals surface area contributed by atoms with Gasteiger partial charge in [-0.25, -0.2) is 9.97 Å². The van der Waals surface area contributed by atoms with Gasteiger partial charge in [0.25, 0.3) is 0 Å². The highest BCUT2D eigenvalue weighted by molar-refractivity contribution is 7.16. The molecule has 1 saturated heterocycles. The number of thiazole rings is 1. The molecule has 5 nitrogen and oxygen atoms in total. The van der Waals surface area contributed by atoms with Crippen LogP contribution in [0.5, 0.6) is 0 Å². The molecule has 3 rings (SSSR count). The van der Waals surface area contributed by atoms with Crippen molar-refractivity contribution in [1.29, 1.82) is 0 Å². The van der Waals surface area contributed by atoms with Crippen LogP contribution in [0.25, 0.3) is 10.3 Å².